The molecule has 0 radical (unpaired) electrons. The first kappa shape index (κ1) is 24.6. The SMILES string of the molecule is C[C@@H]1CC[C@H]2C(=O)N(N(CC(=O)c3cccc([N+](=O)[O-])c3)C(=O)c3ccccc3[N+](=O)[O-])C(=O)[C@H]2C1. The molecule has 0 bridgehead atoms. The average molecular weight is 494 g/mol. The third-order valence-corrected chi connectivity index (χ3v) is 6.64. The van der Waals surface area contributed by atoms with Crippen LogP contribution in [0.15, 0.2) is 48.5 Å². The third kappa shape index (κ3) is 4.44. The number of carbonyl (C=O) groups excluding carboxylic acids is 4. The minimum absolute atomic E-state index is 0.116. The zero-order chi connectivity index (χ0) is 26.1. The molecule has 0 unspecified atom stereocenters. The van der Waals surface area contributed by atoms with Gasteiger partial charge < -0.3 is 0 Å². The molecule has 12 heteroatoms. The first-order chi connectivity index (χ1) is 17.1. The summed E-state index contributed by atoms with van der Waals surface area (Å²) in [4.78, 5) is 74.5. The maximum absolute atomic E-state index is 13.6. The highest BCUT2D eigenvalue weighted by atomic mass is 16.6. The summed E-state index contributed by atoms with van der Waals surface area (Å²) < 4.78 is 0. The van der Waals surface area contributed by atoms with Gasteiger partial charge in [-0.25, -0.2) is 5.01 Å². The molecule has 1 heterocycles. The van der Waals surface area contributed by atoms with Gasteiger partial charge in [-0.1, -0.05) is 31.2 Å². The maximum atomic E-state index is 13.6. The Hall–Kier alpha value is -4.48. The molecule has 1 aliphatic carbocycles. The number of hydrazine groups is 1. The minimum atomic E-state index is -1.07. The van der Waals surface area contributed by atoms with E-state index in [4.69, 9.17) is 0 Å². The lowest BCUT2D eigenvalue weighted by molar-refractivity contribution is -0.385. The number of Topliss-reactive ketones (excluding diaryl/α,β-unsaturated/α-hetero) is 1. The Labute approximate surface area is 204 Å². The number of benzene rings is 2. The Kier molecular flexibility index (Phi) is 6.60. The van der Waals surface area contributed by atoms with Gasteiger partial charge in [0.25, 0.3) is 29.1 Å². The molecule has 186 valence electrons. The zero-order valence-electron chi connectivity index (χ0n) is 19.2. The molecule has 3 atom stereocenters. The summed E-state index contributed by atoms with van der Waals surface area (Å²) >= 11 is 0. The molecule has 1 saturated heterocycles. The molecule has 2 aromatic carbocycles. The van der Waals surface area contributed by atoms with Crippen LogP contribution in [0.5, 0.6) is 0 Å². The number of para-hydroxylation sites is 1. The maximum Gasteiger partial charge on any atom is 0.282 e. The topological polar surface area (TPSA) is 161 Å². The molecule has 12 nitrogen and oxygen atoms in total. The molecule has 2 aromatic rings. The van der Waals surface area contributed by atoms with Gasteiger partial charge in [0.1, 0.15) is 12.1 Å². The lowest BCUT2D eigenvalue weighted by atomic mass is 9.76. The summed E-state index contributed by atoms with van der Waals surface area (Å²) in [6.07, 6.45) is 1.61. The van der Waals surface area contributed by atoms with Crippen LogP contribution in [0.3, 0.4) is 0 Å². The fourth-order valence-electron chi connectivity index (χ4n) is 4.82. The molecule has 1 saturated carbocycles. The van der Waals surface area contributed by atoms with Crippen molar-refractivity contribution in [3.05, 3.63) is 79.9 Å². The molecule has 0 N–H and O–H groups in total. The predicted octanol–water partition coefficient (Wildman–Crippen LogP) is 3.16. The fourth-order valence-corrected chi connectivity index (χ4v) is 4.82. The largest absolute Gasteiger partial charge is 0.292 e. The average Bonchev–Trinajstić information content (AvgIpc) is 3.10. The molecule has 3 amide bonds. The lowest BCUT2D eigenvalue weighted by Gasteiger charge is -2.30. The molecule has 2 fully saturated rings. The number of nitro groups is 2. The Morgan fingerprint density at radius 1 is 0.972 bits per heavy atom. The summed E-state index contributed by atoms with van der Waals surface area (Å²) in [5.41, 5.74) is -1.43. The van der Waals surface area contributed by atoms with Crippen LogP contribution >= 0.6 is 0 Å². The van der Waals surface area contributed by atoms with Crippen LogP contribution < -0.4 is 0 Å². The van der Waals surface area contributed by atoms with Crippen molar-refractivity contribution in [1.29, 1.82) is 0 Å². The molecule has 0 spiro atoms. The van der Waals surface area contributed by atoms with E-state index in [0.717, 1.165) is 18.6 Å². The number of hydrogen-bond acceptors (Lipinski definition) is 8. The number of imide groups is 1. The van der Waals surface area contributed by atoms with Crippen molar-refractivity contribution in [2.45, 2.75) is 26.2 Å². The number of non-ortho nitro benzene ring substituents is 1. The van der Waals surface area contributed by atoms with E-state index >= 15 is 0 Å². The van der Waals surface area contributed by atoms with Crippen LogP contribution in [0.2, 0.25) is 0 Å². The van der Waals surface area contributed by atoms with E-state index in [1.165, 1.54) is 36.4 Å². The van der Waals surface area contributed by atoms with Crippen LogP contribution in [0.1, 0.15) is 46.9 Å². The lowest BCUT2D eigenvalue weighted by Crippen LogP contribution is -2.52. The van der Waals surface area contributed by atoms with Gasteiger partial charge >= 0.3 is 0 Å². The standard InChI is InChI=1S/C24H22N4O8/c1-14-9-10-17-19(11-14)24(32)26(23(17)31)25(22(30)18-7-2-3-8-20(18)28(35)36)13-21(29)15-5-4-6-16(12-15)27(33)34/h2-8,12,14,17,19H,9-11,13H2,1H3/t14-,17-,19+/m1/s1. The van der Waals surface area contributed by atoms with E-state index in [1.807, 2.05) is 6.92 Å². The second-order valence-electron chi connectivity index (χ2n) is 8.99. The van der Waals surface area contributed by atoms with E-state index in [2.05, 4.69) is 0 Å². The van der Waals surface area contributed by atoms with Crippen LogP contribution in [0.4, 0.5) is 11.4 Å². The van der Waals surface area contributed by atoms with Crippen molar-refractivity contribution >= 4 is 34.9 Å². The van der Waals surface area contributed by atoms with Crippen LogP contribution in [0, 0.1) is 38.0 Å². The molecule has 4 rings (SSSR count). The molecule has 0 aromatic heterocycles. The molecule has 36 heavy (non-hydrogen) atoms. The van der Waals surface area contributed by atoms with Crippen molar-refractivity contribution in [1.82, 2.24) is 10.0 Å². The van der Waals surface area contributed by atoms with Crippen molar-refractivity contribution in [2.24, 2.45) is 17.8 Å². The van der Waals surface area contributed by atoms with E-state index in [1.54, 1.807) is 0 Å². The number of carbonyl (C=O) groups is 4. The second kappa shape index (κ2) is 9.64. The van der Waals surface area contributed by atoms with Crippen LogP contribution in [0.25, 0.3) is 0 Å². The monoisotopic (exact) mass is 494 g/mol. The van der Waals surface area contributed by atoms with Gasteiger partial charge in [-0.15, -0.1) is 0 Å². The van der Waals surface area contributed by atoms with Crippen molar-refractivity contribution in [3.8, 4) is 0 Å². The first-order valence-corrected chi connectivity index (χ1v) is 11.3. The number of ketones is 1. The highest BCUT2D eigenvalue weighted by Crippen LogP contribution is 2.41. The van der Waals surface area contributed by atoms with Crippen LogP contribution in [-0.2, 0) is 9.59 Å². The number of nitrogens with zero attached hydrogens (tertiary/aromatic N) is 4. The number of amides is 3. The van der Waals surface area contributed by atoms with E-state index in [9.17, 15) is 39.4 Å². The van der Waals surface area contributed by atoms with Gasteiger partial charge in [0.05, 0.1) is 21.7 Å². The highest BCUT2D eigenvalue weighted by Gasteiger charge is 2.53. The number of fused-ring (bicyclic) bond motifs is 1. The van der Waals surface area contributed by atoms with Gasteiger partial charge in [0.2, 0.25) is 0 Å². The fraction of sp³-hybridized carbons (Fsp3) is 0.333. The van der Waals surface area contributed by atoms with Crippen molar-refractivity contribution in [3.63, 3.8) is 0 Å². The van der Waals surface area contributed by atoms with Gasteiger partial charge in [-0.2, -0.15) is 5.01 Å². The number of hydrogen-bond donors (Lipinski definition) is 0. The Balaban J connectivity index is 1.75. The minimum Gasteiger partial charge on any atom is -0.292 e. The molecular formula is C24H22N4O8. The zero-order valence-corrected chi connectivity index (χ0v) is 19.2. The summed E-state index contributed by atoms with van der Waals surface area (Å²) in [6.45, 7) is 1.14. The predicted molar refractivity (Wildman–Crippen MR) is 123 cm³/mol. The van der Waals surface area contributed by atoms with Gasteiger partial charge in [0, 0.05) is 23.8 Å². The highest BCUT2D eigenvalue weighted by molar-refractivity contribution is 6.10. The van der Waals surface area contributed by atoms with Gasteiger partial charge in [0.15, 0.2) is 5.78 Å². The Bertz CT molecular complexity index is 1290. The van der Waals surface area contributed by atoms with Crippen LogP contribution in [-0.4, -0.2) is 49.9 Å². The molecule has 1 aliphatic heterocycles. The first-order valence-electron chi connectivity index (χ1n) is 11.3. The number of rotatable bonds is 7. The summed E-state index contributed by atoms with van der Waals surface area (Å²) in [5, 5.41) is 23.9. The molecular weight excluding hydrogens is 472 g/mol. The second-order valence-corrected chi connectivity index (χ2v) is 8.99. The normalized spacial score (nSPS) is 21.1. The van der Waals surface area contributed by atoms with E-state index in [0.29, 0.717) is 22.9 Å². The van der Waals surface area contributed by atoms with E-state index in [-0.39, 0.29) is 17.2 Å². The molecule has 2 aliphatic rings. The number of nitro benzene ring substituents is 2. The summed E-state index contributed by atoms with van der Waals surface area (Å²) in [5.74, 6) is -4.26. The van der Waals surface area contributed by atoms with Gasteiger partial charge in [-0.3, -0.25) is 39.4 Å². The quantitative estimate of drug-likeness (QED) is 0.245. The van der Waals surface area contributed by atoms with Crippen molar-refractivity contribution < 1.29 is 29.0 Å². The smallest absolute Gasteiger partial charge is 0.282 e. The van der Waals surface area contributed by atoms with E-state index < -0.39 is 63.0 Å². The Morgan fingerprint density at radius 2 is 1.67 bits per heavy atom. The van der Waals surface area contributed by atoms with Gasteiger partial charge in [-0.05, 0) is 31.2 Å². The summed E-state index contributed by atoms with van der Waals surface area (Å²) in [6, 6.07) is 9.82. The van der Waals surface area contributed by atoms with Crippen molar-refractivity contribution in [2.75, 3.05) is 6.54 Å². The third-order valence-electron chi connectivity index (χ3n) is 6.64. The summed E-state index contributed by atoms with van der Waals surface area (Å²) in [7, 11) is 0. The Morgan fingerprint density at radius 3 is 2.36 bits per heavy atom.